The molecule has 7 nitrogen and oxygen atoms in total. The van der Waals surface area contributed by atoms with Crippen LogP contribution >= 0.6 is 0 Å². The van der Waals surface area contributed by atoms with E-state index in [0.717, 1.165) is 16.6 Å². The maximum Gasteiger partial charge on any atom is 0.495 e. The highest BCUT2D eigenvalue weighted by Gasteiger charge is 2.52. The Morgan fingerprint density at radius 1 is 1.06 bits per heavy atom. The van der Waals surface area contributed by atoms with E-state index < -0.39 is 36.2 Å². The SMILES string of the molecule is Cc1ccc(OCC(=O)N[C@H](Cc2ccccc2)C(=O)O)cc1B1OC(C)(C)C(C)(C)O1. The first-order valence-corrected chi connectivity index (χ1v) is 10.6. The summed E-state index contributed by atoms with van der Waals surface area (Å²) in [5.41, 5.74) is 1.70. The Kier molecular flexibility index (Phi) is 6.95. The third-order valence-electron chi connectivity index (χ3n) is 6.04. The van der Waals surface area contributed by atoms with Crippen molar-refractivity contribution in [2.75, 3.05) is 6.61 Å². The van der Waals surface area contributed by atoms with Gasteiger partial charge in [-0.1, -0.05) is 42.0 Å². The van der Waals surface area contributed by atoms with Crippen LogP contribution in [-0.4, -0.2) is 48.0 Å². The van der Waals surface area contributed by atoms with Crippen LogP contribution in [0.25, 0.3) is 0 Å². The van der Waals surface area contributed by atoms with Gasteiger partial charge in [0, 0.05) is 6.42 Å². The van der Waals surface area contributed by atoms with Gasteiger partial charge in [-0.2, -0.15) is 0 Å². The number of amides is 1. The normalized spacial score (nSPS) is 17.6. The Hall–Kier alpha value is -2.84. The third-order valence-corrected chi connectivity index (χ3v) is 6.04. The van der Waals surface area contributed by atoms with Gasteiger partial charge in [0.05, 0.1) is 11.2 Å². The van der Waals surface area contributed by atoms with Crippen LogP contribution in [0.4, 0.5) is 0 Å². The number of hydrogen-bond donors (Lipinski definition) is 2. The quantitative estimate of drug-likeness (QED) is 0.614. The largest absolute Gasteiger partial charge is 0.495 e. The first-order chi connectivity index (χ1) is 15.0. The van der Waals surface area contributed by atoms with E-state index in [4.69, 9.17) is 14.0 Å². The Balaban J connectivity index is 1.62. The molecule has 1 saturated heterocycles. The number of nitrogens with one attached hydrogen (secondary N) is 1. The molecule has 1 aliphatic heterocycles. The van der Waals surface area contributed by atoms with Gasteiger partial charge < -0.3 is 24.5 Å². The summed E-state index contributed by atoms with van der Waals surface area (Å²) in [5.74, 6) is -1.13. The summed E-state index contributed by atoms with van der Waals surface area (Å²) in [7, 11) is -0.542. The van der Waals surface area contributed by atoms with E-state index in [9.17, 15) is 14.7 Å². The van der Waals surface area contributed by atoms with E-state index in [2.05, 4.69) is 5.32 Å². The summed E-state index contributed by atoms with van der Waals surface area (Å²) >= 11 is 0. The van der Waals surface area contributed by atoms with Gasteiger partial charge in [0.2, 0.25) is 0 Å². The lowest BCUT2D eigenvalue weighted by Crippen LogP contribution is -2.44. The van der Waals surface area contributed by atoms with Gasteiger partial charge in [0.25, 0.3) is 5.91 Å². The smallest absolute Gasteiger partial charge is 0.484 e. The van der Waals surface area contributed by atoms with Crippen molar-refractivity contribution in [2.45, 2.75) is 58.3 Å². The predicted molar refractivity (Wildman–Crippen MR) is 122 cm³/mol. The maximum absolute atomic E-state index is 12.4. The number of carbonyl (C=O) groups is 2. The summed E-state index contributed by atoms with van der Waals surface area (Å²) in [6.45, 7) is 9.60. The number of carbonyl (C=O) groups excluding carboxylic acids is 1. The molecule has 0 radical (unpaired) electrons. The number of ether oxygens (including phenoxy) is 1. The number of hydrogen-bond acceptors (Lipinski definition) is 5. The van der Waals surface area contributed by atoms with Crippen molar-refractivity contribution in [3.05, 3.63) is 59.7 Å². The fourth-order valence-corrected chi connectivity index (χ4v) is 3.37. The van der Waals surface area contributed by atoms with Gasteiger partial charge in [-0.15, -0.1) is 0 Å². The Labute approximate surface area is 189 Å². The standard InChI is InChI=1S/C24H30BNO6/c1-16-11-12-18(14-19(16)25-31-23(2,3)24(4,5)32-25)30-15-21(27)26-20(22(28)29)13-17-9-7-6-8-10-17/h6-12,14,20H,13,15H2,1-5H3,(H,26,27)(H,28,29)/t20-/m1/s1. The predicted octanol–water partition coefficient (Wildman–Crippen LogP) is 2.49. The van der Waals surface area contributed by atoms with Crippen LogP contribution in [0.3, 0.4) is 0 Å². The molecule has 1 atom stereocenters. The van der Waals surface area contributed by atoms with Gasteiger partial charge in [0.15, 0.2) is 6.61 Å². The Morgan fingerprint density at radius 3 is 2.28 bits per heavy atom. The van der Waals surface area contributed by atoms with E-state index in [1.807, 2.05) is 71.0 Å². The van der Waals surface area contributed by atoms with E-state index in [1.54, 1.807) is 12.1 Å². The van der Waals surface area contributed by atoms with Gasteiger partial charge in [0.1, 0.15) is 11.8 Å². The molecule has 3 rings (SSSR count). The zero-order valence-corrected chi connectivity index (χ0v) is 19.2. The van der Waals surface area contributed by atoms with Crippen molar-refractivity contribution < 1.29 is 28.7 Å². The summed E-state index contributed by atoms with van der Waals surface area (Å²) in [5, 5.41) is 12.0. The minimum absolute atomic E-state index is 0.193. The fourth-order valence-electron chi connectivity index (χ4n) is 3.37. The first-order valence-electron chi connectivity index (χ1n) is 10.6. The number of aryl methyl sites for hydroxylation is 1. The van der Waals surface area contributed by atoms with Gasteiger partial charge in [-0.05, 0) is 57.8 Å². The Morgan fingerprint density at radius 2 is 1.69 bits per heavy atom. The van der Waals surface area contributed by atoms with Gasteiger partial charge >= 0.3 is 13.1 Å². The van der Waals surface area contributed by atoms with Crippen LogP contribution in [0.2, 0.25) is 0 Å². The number of rotatable bonds is 8. The summed E-state index contributed by atoms with van der Waals surface area (Å²) in [6.07, 6.45) is 0.193. The molecule has 0 unspecified atom stereocenters. The first kappa shape index (κ1) is 23.8. The molecule has 0 aromatic heterocycles. The average Bonchev–Trinajstić information content (AvgIpc) is 2.94. The highest BCUT2D eigenvalue weighted by atomic mass is 16.7. The molecular weight excluding hydrogens is 409 g/mol. The molecule has 1 amide bonds. The molecule has 1 heterocycles. The summed E-state index contributed by atoms with van der Waals surface area (Å²) in [6, 6.07) is 13.5. The lowest BCUT2D eigenvalue weighted by Gasteiger charge is -2.32. The lowest BCUT2D eigenvalue weighted by molar-refractivity contribution is -0.142. The molecule has 1 fully saturated rings. The second kappa shape index (κ2) is 9.34. The van der Waals surface area contributed by atoms with Gasteiger partial charge in [-0.25, -0.2) is 4.79 Å². The second-order valence-electron chi connectivity index (χ2n) is 9.04. The van der Waals surface area contributed by atoms with Crippen LogP contribution in [0.5, 0.6) is 5.75 Å². The maximum atomic E-state index is 12.4. The van der Waals surface area contributed by atoms with Crippen molar-refractivity contribution in [2.24, 2.45) is 0 Å². The van der Waals surface area contributed by atoms with Crippen molar-refractivity contribution in [3.63, 3.8) is 0 Å². The molecule has 32 heavy (non-hydrogen) atoms. The molecule has 0 aliphatic carbocycles. The highest BCUT2D eigenvalue weighted by molar-refractivity contribution is 6.62. The van der Waals surface area contributed by atoms with Gasteiger partial charge in [-0.3, -0.25) is 4.79 Å². The number of aliphatic carboxylic acids is 1. The highest BCUT2D eigenvalue weighted by Crippen LogP contribution is 2.36. The summed E-state index contributed by atoms with van der Waals surface area (Å²) < 4.78 is 17.9. The second-order valence-corrected chi connectivity index (χ2v) is 9.04. The van der Waals surface area contributed by atoms with Crippen molar-refractivity contribution in [1.29, 1.82) is 0 Å². The molecule has 0 bridgehead atoms. The van der Waals surface area contributed by atoms with Crippen molar-refractivity contribution in [3.8, 4) is 5.75 Å². The molecule has 8 heteroatoms. The zero-order chi connectivity index (χ0) is 23.5. The average molecular weight is 439 g/mol. The monoisotopic (exact) mass is 439 g/mol. The topological polar surface area (TPSA) is 94.1 Å². The molecule has 0 saturated carbocycles. The van der Waals surface area contributed by atoms with Crippen molar-refractivity contribution >= 4 is 24.5 Å². The number of carboxylic acids is 1. The fraction of sp³-hybridized carbons (Fsp3) is 0.417. The minimum Gasteiger partial charge on any atom is -0.484 e. The number of carboxylic acid groups (broad SMARTS) is 1. The van der Waals surface area contributed by atoms with Crippen molar-refractivity contribution in [1.82, 2.24) is 5.32 Å². The molecule has 2 aromatic carbocycles. The zero-order valence-electron chi connectivity index (χ0n) is 19.2. The molecule has 2 N–H and O–H groups in total. The van der Waals surface area contributed by atoms with E-state index in [1.165, 1.54) is 0 Å². The molecule has 1 aliphatic rings. The lowest BCUT2D eigenvalue weighted by atomic mass is 9.76. The van der Waals surface area contributed by atoms with Crippen LogP contribution in [0, 0.1) is 6.92 Å². The van der Waals surface area contributed by atoms with Crippen LogP contribution in [0.1, 0.15) is 38.8 Å². The molecular formula is C24H30BNO6. The summed E-state index contributed by atoms with van der Waals surface area (Å²) in [4.78, 5) is 23.9. The molecule has 0 spiro atoms. The third kappa shape index (κ3) is 5.50. The molecule has 170 valence electrons. The van der Waals surface area contributed by atoms with Crippen LogP contribution in [0.15, 0.2) is 48.5 Å². The molecule has 2 aromatic rings. The van der Waals surface area contributed by atoms with E-state index >= 15 is 0 Å². The Bertz CT molecular complexity index is 960. The van der Waals surface area contributed by atoms with Crippen LogP contribution < -0.4 is 15.5 Å². The van der Waals surface area contributed by atoms with E-state index in [-0.39, 0.29) is 13.0 Å². The van der Waals surface area contributed by atoms with Crippen LogP contribution in [-0.2, 0) is 25.3 Å². The minimum atomic E-state index is -1.10. The van der Waals surface area contributed by atoms with E-state index in [0.29, 0.717) is 5.75 Å². The number of benzene rings is 2.